The van der Waals surface area contributed by atoms with Crippen molar-refractivity contribution in [1.29, 1.82) is 0 Å². The van der Waals surface area contributed by atoms with Gasteiger partial charge in [-0.25, -0.2) is 13.1 Å². The summed E-state index contributed by atoms with van der Waals surface area (Å²) in [4.78, 5) is 2.27. The summed E-state index contributed by atoms with van der Waals surface area (Å²) < 4.78 is 27.2. The van der Waals surface area contributed by atoms with Crippen molar-refractivity contribution in [3.63, 3.8) is 0 Å². The number of anilines is 1. The van der Waals surface area contributed by atoms with E-state index in [1.165, 1.54) is 12.1 Å². The SMILES string of the molecule is CCN1CCC(CNS(=O)(=O)c2ccc(Cl)c(N)c2Cl)C1. The van der Waals surface area contributed by atoms with Crippen molar-refractivity contribution < 1.29 is 8.42 Å². The number of nitrogens with two attached hydrogens (primary N) is 1. The Hall–Kier alpha value is -0.530. The van der Waals surface area contributed by atoms with Gasteiger partial charge >= 0.3 is 0 Å². The molecule has 1 saturated heterocycles. The molecular weight excluding hydrogens is 333 g/mol. The number of benzene rings is 1. The number of nitrogens with one attached hydrogen (secondary N) is 1. The lowest BCUT2D eigenvalue weighted by molar-refractivity contribution is 0.342. The second-order valence-electron chi connectivity index (χ2n) is 5.17. The van der Waals surface area contributed by atoms with Crippen molar-refractivity contribution >= 4 is 38.9 Å². The first-order valence-electron chi connectivity index (χ1n) is 6.80. The average Bonchev–Trinajstić information content (AvgIpc) is 2.90. The van der Waals surface area contributed by atoms with Gasteiger partial charge in [-0.3, -0.25) is 0 Å². The minimum Gasteiger partial charge on any atom is -0.396 e. The van der Waals surface area contributed by atoms with Crippen molar-refractivity contribution in [2.24, 2.45) is 5.92 Å². The number of nitrogens with zero attached hydrogens (tertiary/aromatic N) is 1. The van der Waals surface area contributed by atoms with Crippen LogP contribution in [0.3, 0.4) is 0 Å². The molecule has 2 rings (SSSR count). The minimum absolute atomic E-state index is 0.0309. The summed E-state index contributed by atoms with van der Waals surface area (Å²) in [5.74, 6) is 0.322. The molecule has 1 heterocycles. The molecule has 1 atom stereocenters. The largest absolute Gasteiger partial charge is 0.396 e. The molecule has 1 fully saturated rings. The van der Waals surface area contributed by atoms with Crippen LogP contribution >= 0.6 is 23.2 Å². The highest BCUT2D eigenvalue weighted by Gasteiger charge is 2.25. The lowest BCUT2D eigenvalue weighted by Crippen LogP contribution is -2.31. The fraction of sp³-hybridized carbons (Fsp3) is 0.538. The lowest BCUT2D eigenvalue weighted by Gasteiger charge is -2.15. The van der Waals surface area contributed by atoms with Gasteiger partial charge in [0.15, 0.2) is 0 Å². The van der Waals surface area contributed by atoms with Crippen LogP contribution in [0.1, 0.15) is 13.3 Å². The molecule has 0 amide bonds. The standard InChI is InChI=1S/C13H19Cl2N3O2S/c1-2-18-6-5-9(8-18)7-17-21(19,20)11-4-3-10(14)13(16)12(11)15/h3-4,9,17H,2,5-8,16H2,1H3. The van der Waals surface area contributed by atoms with Crippen molar-refractivity contribution in [1.82, 2.24) is 9.62 Å². The summed E-state index contributed by atoms with van der Waals surface area (Å²) in [6.45, 7) is 5.41. The Balaban J connectivity index is 2.08. The van der Waals surface area contributed by atoms with E-state index in [2.05, 4.69) is 16.5 Å². The first-order valence-corrected chi connectivity index (χ1v) is 9.04. The van der Waals surface area contributed by atoms with E-state index < -0.39 is 10.0 Å². The van der Waals surface area contributed by atoms with Crippen molar-refractivity contribution in [3.05, 3.63) is 22.2 Å². The molecule has 0 radical (unpaired) electrons. The maximum Gasteiger partial charge on any atom is 0.242 e. The number of sulfonamides is 1. The van der Waals surface area contributed by atoms with Crippen molar-refractivity contribution in [2.75, 3.05) is 31.9 Å². The van der Waals surface area contributed by atoms with Crippen LogP contribution in [0, 0.1) is 5.92 Å². The number of halogens is 2. The van der Waals surface area contributed by atoms with E-state index in [-0.39, 0.29) is 20.6 Å². The topological polar surface area (TPSA) is 75.4 Å². The first-order chi connectivity index (χ1) is 9.85. The molecule has 5 nitrogen and oxygen atoms in total. The van der Waals surface area contributed by atoms with Gasteiger partial charge < -0.3 is 10.6 Å². The molecule has 8 heteroatoms. The molecular formula is C13H19Cl2N3O2S. The van der Waals surface area contributed by atoms with E-state index in [4.69, 9.17) is 28.9 Å². The molecule has 0 aromatic heterocycles. The molecule has 0 aliphatic carbocycles. The van der Waals surface area contributed by atoms with E-state index in [0.717, 1.165) is 26.1 Å². The van der Waals surface area contributed by atoms with Crippen LogP contribution in [0.4, 0.5) is 5.69 Å². The fourth-order valence-corrected chi connectivity index (χ4v) is 4.31. The van der Waals surface area contributed by atoms with Crippen LogP contribution in [0.15, 0.2) is 17.0 Å². The van der Waals surface area contributed by atoms with E-state index >= 15 is 0 Å². The Morgan fingerprint density at radius 2 is 2.14 bits per heavy atom. The Bertz CT molecular complexity index is 622. The van der Waals surface area contributed by atoms with Gasteiger partial charge in [-0.2, -0.15) is 0 Å². The number of nitrogen functional groups attached to an aromatic ring is 1. The van der Waals surface area contributed by atoms with E-state index in [1.807, 2.05) is 0 Å². The Kier molecular flexibility index (Phi) is 5.38. The van der Waals surface area contributed by atoms with Gasteiger partial charge in [0.05, 0.1) is 15.7 Å². The van der Waals surface area contributed by atoms with E-state index in [9.17, 15) is 8.42 Å². The van der Waals surface area contributed by atoms with Gasteiger partial charge in [-0.05, 0) is 37.6 Å². The molecule has 0 spiro atoms. The normalized spacial score (nSPS) is 20.0. The molecule has 118 valence electrons. The third-order valence-corrected chi connectivity index (χ3v) is 6.07. The van der Waals surface area contributed by atoms with Gasteiger partial charge in [-0.1, -0.05) is 30.1 Å². The van der Waals surface area contributed by atoms with Gasteiger partial charge in [0.2, 0.25) is 10.0 Å². The third kappa shape index (κ3) is 3.81. The predicted molar refractivity (Wildman–Crippen MR) is 86.3 cm³/mol. The van der Waals surface area contributed by atoms with Crippen molar-refractivity contribution in [2.45, 2.75) is 18.2 Å². The quantitative estimate of drug-likeness (QED) is 0.797. The lowest BCUT2D eigenvalue weighted by atomic mass is 10.1. The second-order valence-corrected chi connectivity index (χ2v) is 7.69. The van der Waals surface area contributed by atoms with Crippen LogP contribution in [-0.4, -0.2) is 39.5 Å². The van der Waals surface area contributed by atoms with Crippen LogP contribution < -0.4 is 10.5 Å². The highest BCUT2D eigenvalue weighted by Crippen LogP contribution is 2.33. The van der Waals surface area contributed by atoms with E-state index in [1.54, 1.807) is 0 Å². The molecule has 1 aromatic carbocycles. The maximum atomic E-state index is 12.3. The van der Waals surface area contributed by atoms with Crippen LogP contribution in [0.25, 0.3) is 0 Å². The summed E-state index contributed by atoms with van der Waals surface area (Å²) in [5, 5.41) is 0.213. The van der Waals surface area contributed by atoms with Crippen molar-refractivity contribution in [3.8, 4) is 0 Å². The Labute approximate surface area is 135 Å². The number of hydrogen-bond donors (Lipinski definition) is 2. The highest BCUT2D eigenvalue weighted by atomic mass is 35.5. The molecule has 1 aliphatic heterocycles. The number of rotatable bonds is 5. The monoisotopic (exact) mass is 351 g/mol. The van der Waals surface area contributed by atoms with Crippen LogP contribution in [0.5, 0.6) is 0 Å². The summed E-state index contributed by atoms with van der Waals surface area (Å²) in [6, 6.07) is 2.81. The zero-order valence-electron chi connectivity index (χ0n) is 11.8. The molecule has 0 bridgehead atoms. The first kappa shape index (κ1) is 16.8. The molecule has 1 unspecified atom stereocenters. The third-order valence-electron chi connectivity index (χ3n) is 3.76. The zero-order chi connectivity index (χ0) is 15.6. The van der Waals surface area contributed by atoms with Crippen LogP contribution in [-0.2, 0) is 10.0 Å². The number of hydrogen-bond acceptors (Lipinski definition) is 4. The summed E-state index contributed by atoms with van der Waals surface area (Å²) in [6.07, 6.45) is 0.993. The summed E-state index contributed by atoms with van der Waals surface area (Å²) >= 11 is 11.8. The van der Waals surface area contributed by atoms with Gasteiger partial charge in [-0.15, -0.1) is 0 Å². The smallest absolute Gasteiger partial charge is 0.242 e. The molecule has 3 N–H and O–H groups in total. The predicted octanol–water partition coefficient (Wildman–Crippen LogP) is 2.20. The fourth-order valence-electron chi connectivity index (χ4n) is 2.43. The molecule has 21 heavy (non-hydrogen) atoms. The van der Waals surface area contributed by atoms with E-state index in [0.29, 0.717) is 12.5 Å². The van der Waals surface area contributed by atoms with Gasteiger partial charge in [0, 0.05) is 13.1 Å². The number of likely N-dealkylation sites (tertiary alicyclic amines) is 1. The Morgan fingerprint density at radius 3 is 2.76 bits per heavy atom. The van der Waals surface area contributed by atoms with Crippen LogP contribution in [0.2, 0.25) is 10.0 Å². The van der Waals surface area contributed by atoms with Gasteiger partial charge in [0.25, 0.3) is 0 Å². The maximum absolute atomic E-state index is 12.3. The molecule has 0 saturated carbocycles. The molecule has 1 aliphatic rings. The highest BCUT2D eigenvalue weighted by molar-refractivity contribution is 7.89. The average molecular weight is 352 g/mol. The Morgan fingerprint density at radius 1 is 1.43 bits per heavy atom. The van der Waals surface area contributed by atoms with Gasteiger partial charge in [0.1, 0.15) is 4.90 Å². The summed E-state index contributed by atoms with van der Waals surface area (Å²) in [7, 11) is -3.68. The summed E-state index contributed by atoms with van der Waals surface area (Å²) in [5.41, 5.74) is 5.75. The molecule has 1 aromatic rings. The zero-order valence-corrected chi connectivity index (χ0v) is 14.1. The minimum atomic E-state index is -3.68. The second kappa shape index (κ2) is 6.71.